The van der Waals surface area contributed by atoms with Crippen molar-refractivity contribution >= 4 is 34.5 Å². The van der Waals surface area contributed by atoms with Crippen LogP contribution < -0.4 is 14.9 Å². The van der Waals surface area contributed by atoms with Gasteiger partial charge in [0.25, 0.3) is 5.91 Å². The van der Waals surface area contributed by atoms with Gasteiger partial charge in [-0.15, -0.1) is 0 Å². The fraction of sp³-hybridized carbons (Fsp3) is 0.0769. The van der Waals surface area contributed by atoms with E-state index in [1.165, 1.54) is 0 Å². The molecule has 0 aliphatic heterocycles. The van der Waals surface area contributed by atoms with Gasteiger partial charge in [-0.1, -0.05) is 60.1 Å². The maximum atomic E-state index is 12.6. The highest BCUT2D eigenvalue weighted by Gasteiger charge is 2.09. The molecule has 0 aliphatic rings. The standard InChI is InChI=1S/C26H21ClN2O3/c1-31-24-14-11-19(15-25(24)32-17-18-9-12-21(27)13-10-18)16-28-29-26(30)23-8-4-6-20-5-2-3-7-22(20)23/h2-16H,17H2,1H3,(H,29,30)/b28-16-. The molecule has 1 amide bonds. The molecule has 4 aromatic carbocycles. The lowest BCUT2D eigenvalue weighted by atomic mass is 10.0. The van der Waals surface area contributed by atoms with E-state index in [0.29, 0.717) is 28.7 Å². The molecule has 0 radical (unpaired) electrons. The van der Waals surface area contributed by atoms with Crippen LogP contribution in [0.4, 0.5) is 0 Å². The van der Waals surface area contributed by atoms with E-state index >= 15 is 0 Å². The molecule has 0 spiro atoms. The summed E-state index contributed by atoms with van der Waals surface area (Å²) in [5.41, 5.74) is 4.91. The number of nitrogens with zero attached hydrogens (tertiary/aromatic N) is 1. The molecule has 5 nitrogen and oxygen atoms in total. The molecule has 0 saturated carbocycles. The van der Waals surface area contributed by atoms with Crippen molar-refractivity contribution in [3.63, 3.8) is 0 Å². The first kappa shape index (κ1) is 21.4. The van der Waals surface area contributed by atoms with E-state index in [9.17, 15) is 4.79 Å². The van der Waals surface area contributed by atoms with E-state index < -0.39 is 0 Å². The number of ether oxygens (including phenoxy) is 2. The van der Waals surface area contributed by atoms with Crippen LogP contribution in [-0.4, -0.2) is 19.2 Å². The molecule has 0 aliphatic carbocycles. The SMILES string of the molecule is COc1ccc(/C=N\NC(=O)c2cccc3ccccc23)cc1OCc1ccc(Cl)cc1. The lowest BCUT2D eigenvalue weighted by Gasteiger charge is -2.11. The molecule has 1 N–H and O–H groups in total. The zero-order valence-electron chi connectivity index (χ0n) is 17.4. The van der Waals surface area contributed by atoms with Gasteiger partial charge in [0, 0.05) is 10.6 Å². The van der Waals surface area contributed by atoms with Crippen LogP contribution >= 0.6 is 11.6 Å². The van der Waals surface area contributed by atoms with E-state index in [4.69, 9.17) is 21.1 Å². The lowest BCUT2D eigenvalue weighted by Crippen LogP contribution is -2.17. The first-order valence-electron chi connectivity index (χ1n) is 10.0. The minimum Gasteiger partial charge on any atom is -0.493 e. The average Bonchev–Trinajstić information content (AvgIpc) is 2.83. The summed E-state index contributed by atoms with van der Waals surface area (Å²) in [4.78, 5) is 12.6. The summed E-state index contributed by atoms with van der Waals surface area (Å²) in [6.07, 6.45) is 1.57. The monoisotopic (exact) mass is 444 g/mol. The second-order valence-electron chi connectivity index (χ2n) is 7.05. The van der Waals surface area contributed by atoms with Gasteiger partial charge in [0.1, 0.15) is 6.61 Å². The molecular weight excluding hydrogens is 424 g/mol. The Morgan fingerprint density at radius 1 is 0.969 bits per heavy atom. The van der Waals surface area contributed by atoms with E-state index in [-0.39, 0.29) is 5.91 Å². The smallest absolute Gasteiger partial charge is 0.271 e. The molecule has 6 heteroatoms. The molecular formula is C26H21ClN2O3. The normalized spacial score (nSPS) is 10.9. The summed E-state index contributed by atoms with van der Waals surface area (Å²) < 4.78 is 11.3. The number of methoxy groups -OCH3 is 1. The zero-order valence-corrected chi connectivity index (χ0v) is 18.2. The maximum Gasteiger partial charge on any atom is 0.271 e. The van der Waals surface area contributed by atoms with Crippen molar-refractivity contribution in [1.82, 2.24) is 5.43 Å². The first-order chi connectivity index (χ1) is 15.6. The topological polar surface area (TPSA) is 59.9 Å². The Bertz CT molecular complexity index is 1260. The van der Waals surface area contributed by atoms with Crippen molar-refractivity contribution in [1.29, 1.82) is 0 Å². The van der Waals surface area contributed by atoms with E-state index in [1.807, 2.05) is 72.8 Å². The number of benzene rings is 4. The molecule has 0 bridgehead atoms. The molecule has 0 atom stereocenters. The summed E-state index contributed by atoms with van der Waals surface area (Å²) >= 11 is 5.93. The Balaban J connectivity index is 1.45. The Labute approximate surface area is 191 Å². The summed E-state index contributed by atoms with van der Waals surface area (Å²) in [7, 11) is 1.59. The average molecular weight is 445 g/mol. The van der Waals surface area contributed by atoms with Crippen molar-refractivity contribution in [2.75, 3.05) is 7.11 Å². The molecule has 0 aromatic heterocycles. The van der Waals surface area contributed by atoms with E-state index in [1.54, 1.807) is 25.5 Å². The van der Waals surface area contributed by atoms with Crippen LogP contribution in [0, 0.1) is 0 Å². The van der Waals surface area contributed by atoms with Gasteiger partial charge in [-0.3, -0.25) is 4.79 Å². The first-order valence-corrected chi connectivity index (χ1v) is 10.4. The number of hydrazone groups is 1. The Morgan fingerprint density at radius 3 is 2.56 bits per heavy atom. The van der Waals surface area contributed by atoms with Gasteiger partial charge < -0.3 is 9.47 Å². The highest BCUT2D eigenvalue weighted by molar-refractivity contribution is 6.30. The van der Waals surface area contributed by atoms with Gasteiger partial charge in [-0.05, 0) is 58.3 Å². The Kier molecular flexibility index (Phi) is 6.68. The van der Waals surface area contributed by atoms with Crippen LogP contribution in [0.3, 0.4) is 0 Å². The molecule has 32 heavy (non-hydrogen) atoms. The number of hydrogen-bond donors (Lipinski definition) is 1. The Morgan fingerprint density at radius 2 is 1.75 bits per heavy atom. The number of rotatable bonds is 7. The third-order valence-corrected chi connectivity index (χ3v) is 5.16. The van der Waals surface area contributed by atoms with Crippen LogP contribution in [0.1, 0.15) is 21.5 Å². The van der Waals surface area contributed by atoms with Crippen LogP contribution in [0.5, 0.6) is 11.5 Å². The number of carbonyl (C=O) groups is 1. The van der Waals surface area contributed by atoms with Gasteiger partial charge in [0.05, 0.1) is 13.3 Å². The number of hydrogen-bond acceptors (Lipinski definition) is 4. The quantitative estimate of drug-likeness (QED) is 0.287. The van der Waals surface area contributed by atoms with Crippen LogP contribution in [0.15, 0.2) is 90.0 Å². The van der Waals surface area contributed by atoms with Gasteiger partial charge in [0.15, 0.2) is 11.5 Å². The maximum absolute atomic E-state index is 12.6. The molecule has 4 rings (SSSR count). The molecule has 0 saturated heterocycles. The molecule has 4 aromatic rings. The zero-order chi connectivity index (χ0) is 22.3. The van der Waals surface area contributed by atoms with Crippen LogP contribution in [-0.2, 0) is 6.61 Å². The highest BCUT2D eigenvalue weighted by atomic mass is 35.5. The third-order valence-electron chi connectivity index (χ3n) is 4.91. The number of nitrogens with one attached hydrogen (secondary N) is 1. The molecule has 0 heterocycles. The van der Waals surface area contributed by atoms with Crippen molar-refractivity contribution in [3.8, 4) is 11.5 Å². The predicted molar refractivity (Wildman–Crippen MR) is 128 cm³/mol. The number of fused-ring (bicyclic) bond motifs is 1. The van der Waals surface area contributed by atoms with Gasteiger partial charge in [0.2, 0.25) is 0 Å². The fourth-order valence-corrected chi connectivity index (χ4v) is 3.40. The largest absolute Gasteiger partial charge is 0.493 e. The summed E-state index contributed by atoms with van der Waals surface area (Å²) in [6.45, 7) is 0.367. The predicted octanol–water partition coefficient (Wildman–Crippen LogP) is 5.84. The molecule has 0 unspecified atom stereocenters. The van der Waals surface area contributed by atoms with Gasteiger partial charge in [-0.2, -0.15) is 5.10 Å². The second-order valence-corrected chi connectivity index (χ2v) is 7.49. The lowest BCUT2D eigenvalue weighted by molar-refractivity contribution is 0.0957. The summed E-state index contributed by atoms with van der Waals surface area (Å²) in [6, 6.07) is 26.2. The van der Waals surface area contributed by atoms with Crippen molar-refractivity contribution < 1.29 is 14.3 Å². The highest BCUT2D eigenvalue weighted by Crippen LogP contribution is 2.28. The van der Waals surface area contributed by atoms with Gasteiger partial charge in [-0.25, -0.2) is 5.43 Å². The third kappa shape index (κ3) is 5.07. The number of carbonyl (C=O) groups excluding carboxylic acids is 1. The van der Waals surface area contributed by atoms with Crippen molar-refractivity contribution in [2.24, 2.45) is 5.10 Å². The summed E-state index contributed by atoms with van der Waals surface area (Å²) in [5, 5.41) is 6.67. The number of amides is 1. The van der Waals surface area contributed by atoms with E-state index in [2.05, 4.69) is 10.5 Å². The van der Waals surface area contributed by atoms with E-state index in [0.717, 1.165) is 21.9 Å². The second kappa shape index (κ2) is 9.98. The Hall–Kier alpha value is -3.83. The summed E-state index contributed by atoms with van der Waals surface area (Å²) in [5.74, 6) is 0.911. The van der Waals surface area contributed by atoms with Crippen LogP contribution in [0.2, 0.25) is 5.02 Å². The number of halogens is 1. The minimum absolute atomic E-state index is 0.272. The molecule has 160 valence electrons. The van der Waals surface area contributed by atoms with Crippen LogP contribution in [0.25, 0.3) is 10.8 Å². The molecule has 0 fully saturated rings. The van der Waals surface area contributed by atoms with Gasteiger partial charge >= 0.3 is 0 Å². The van der Waals surface area contributed by atoms with Crippen molar-refractivity contribution in [3.05, 3.63) is 107 Å². The van der Waals surface area contributed by atoms with Crippen molar-refractivity contribution in [2.45, 2.75) is 6.61 Å². The fourth-order valence-electron chi connectivity index (χ4n) is 3.28. The minimum atomic E-state index is -0.272.